The van der Waals surface area contributed by atoms with E-state index in [1.165, 1.54) is 0 Å². The van der Waals surface area contributed by atoms with Gasteiger partial charge in [-0.1, -0.05) is 17.4 Å². The molecule has 0 spiro atoms. The molecule has 1 aliphatic heterocycles. The van der Waals surface area contributed by atoms with Crippen molar-refractivity contribution in [1.29, 1.82) is 0 Å². The van der Waals surface area contributed by atoms with Crippen LogP contribution in [0, 0.1) is 0 Å². The van der Waals surface area contributed by atoms with Gasteiger partial charge in [-0.3, -0.25) is 9.58 Å². The third-order valence-electron chi connectivity index (χ3n) is 3.54. The van der Waals surface area contributed by atoms with Crippen LogP contribution < -0.4 is 5.73 Å². The number of likely N-dealkylation sites (tertiary alicyclic amines) is 1. The first-order valence-electron chi connectivity index (χ1n) is 5.98. The lowest BCUT2D eigenvalue weighted by Crippen LogP contribution is -2.48. The molecule has 0 atom stereocenters. The molecule has 2 rings (SSSR count). The van der Waals surface area contributed by atoms with E-state index in [9.17, 15) is 0 Å². The van der Waals surface area contributed by atoms with Gasteiger partial charge >= 0.3 is 0 Å². The van der Waals surface area contributed by atoms with Crippen molar-refractivity contribution in [2.75, 3.05) is 19.3 Å². The molecule has 0 saturated carbocycles. The summed E-state index contributed by atoms with van der Waals surface area (Å²) in [5.74, 6) is 0. The van der Waals surface area contributed by atoms with Gasteiger partial charge < -0.3 is 5.73 Å². The second-order valence-corrected chi connectivity index (χ2v) is 6.35. The maximum atomic E-state index is 5.88. The molecule has 7 heteroatoms. The molecular formula is C11H19N5S2. The van der Waals surface area contributed by atoms with Crippen LogP contribution in [-0.2, 0) is 13.6 Å². The third kappa shape index (κ3) is 2.84. The molecule has 0 unspecified atom stereocenters. The van der Waals surface area contributed by atoms with Crippen molar-refractivity contribution in [2.45, 2.75) is 24.1 Å². The highest BCUT2D eigenvalue weighted by Crippen LogP contribution is 2.35. The van der Waals surface area contributed by atoms with Crippen molar-refractivity contribution in [3.05, 3.63) is 11.9 Å². The van der Waals surface area contributed by atoms with E-state index in [-0.39, 0.29) is 4.75 Å². The zero-order chi connectivity index (χ0) is 13.2. The first kappa shape index (κ1) is 13.8. The summed E-state index contributed by atoms with van der Waals surface area (Å²) in [4.78, 5) is 3.03. The second-order valence-electron chi connectivity index (χ2n) is 4.72. The van der Waals surface area contributed by atoms with Crippen molar-refractivity contribution in [3.8, 4) is 0 Å². The average Bonchev–Trinajstić information content (AvgIpc) is 2.76. The molecule has 0 amide bonds. The molecule has 1 aromatic heterocycles. The van der Waals surface area contributed by atoms with Gasteiger partial charge in [-0.2, -0.15) is 11.8 Å². The van der Waals surface area contributed by atoms with E-state index in [1.54, 1.807) is 16.4 Å². The van der Waals surface area contributed by atoms with E-state index < -0.39 is 0 Å². The highest BCUT2D eigenvalue weighted by atomic mass is 32.2. The smallest absolute Gasteiger partial charge is 0.0967 e. The summed E-state index contributed by atoms with van der Waals surface area (Å²) in [7, 11) is 1.89. The van der Waals surface area contributed by atoms with Gasteiger partial charge in [0, 0.05) is 32.9 Å². The number of nitrogens with two attached hydrogens (primary N) is 1. The number of hydrogen-bond donors (Lipinski definition) is 1. The van der Waals surface area contributed by atoms with Crippen LogP contribution in [0.5, 0.6) is 0 Å². The number of hydrogen-bond acceptors (Lipinski definition) is 5. The number of thiocarbonyl (C=S) groups is 1. The first-order chi connectivity index (χ1) is 8.55. The van der Waals surface area contributed by atoms with E-state index in [4.69, 9.17) is 18.0 Å². The lowest BCUT2D eigenvalue weighted by Gasteiger charge is -2.39. The van der Waals surface area contributed by atoms with E-state index in [0.29, 0.717) is 4.99 Å². The first-order valence-corrected chi connectivity index (χ1v) is 7.62. The number of nitrogens with zero attached hydrogens (tertiary/aromatic N) is 4. The van der Waals surface area contributed by atoms with Crippen molar-refractivity contribution in [2.24, 2.45) is 12.8 Å². The zero-order valence-electron chi connectivity index (χ0n) is 10.8. The molecule has 0 bridgehead atoms. The zero-order valence-corrected chi connectivity index (χ0v) is 12.4. The fourth-order valence-corrected chi connectivity index (χ4v) is 3.57. The van der Waals surface area contributed by atoms with Crippen LogP contribution >= 0.6 is 24.0 Å². The van der Waals surface area contributed by atoms with Gasteiger partial charge in [0.1, 0.15) is 0 Å². The molecule has 18 heavy (non-hydrogen) atoms. The number of thioether (sulfide) groups is 1. The topological polar surface area (TPSA) is 60.0 Å². The molecule has 0 radical (unpaired) electrons. The second kappa shape index (κ2) is 5.54. The molecule has 100 valence electrons. The summed E-state index contributed by atoms with van der Waals surface area (Å²) < 4.78 is 1.73. The van der Waals surface area contributed by atoms with Gasteiger partial charge in [-0.25, -0.2) is 0 Å². The van der Waals surface area contributed by atoms with Crippen molar-refractivity contribution >= 4 is 29.0 Å². The standard InChI is InChI=1S/C11H19N5S2/c1-15-7-9(13-14-15)8-16-5-3-11(18-2,4-6-16)10(12)17/h7H,3-6,8H2,1-2H3,(H2,12,17). The molecule has 0 aromatic carbocycles. The van der Waals surface area contributed by atoms with Crippen LogP contribution in [0.1, 0.15) is 18.5 Å². The molecule has 0 aliphatic carbocycles. The minimum atomic E-state index is -0.00575. The van der Waals surface area contributed by atoms with Gasteiger partial charge in [0.05, 0.1) is 15.4 Å². The maximum Gasteiger partial charge on any atom is 0.0967 e. The van der Waals surface area contributed by atoms with Crippen LogP contribution in [0.25, 0.3) is 0 Å². The molecular weight excluding hydrogens is 266 g/mol. The summed E-state index contributed by atoms with van der Waals surface area (Å²) in [6, 6.07) is 0. The fraction of sp³-hybridized carbons (Fsp3) is 0.727. The summed E-state index contributed by atoms with van der Waals surface area (Å²) in [5, 5.41) is 8.07. The molecule has 2 heterocycles. The quantitative estimate of drug-likeness (QED) is 0.826. The Labute approximate surface area is 117 Å². The number of piperidine rings is 1. The molecule has 1 aliphatic rings. The Kier molecular flexibility index (Phi) is 4.24. The Hall–Kier alpha value is -0.660. The summed E-state index contributed by atoms with van der Waals surface area (Å²) >= 11 is 7.00. The van der Waals surface area contributed by atoms with Gasteiger partial charge in [0.25, 0.3) is 0 Å². The van der Waals surface area contributed by atoms with E-state index in [2.05, 4.69) is 21.5 Å². The Bertz CT molecular complexity index is 423. The molecule has 1 fully saturated rings. The Morgan fingerprint density at radius 1 is 1.56 bits per heavy atom. The minimum absolute atomic E-state index is 0.00575. The van der Waals surface area contributed by atoms with E-state index >= 15 is 0 Å². The van der Waals surface area contributed by atoms with E-state index in [1.807, 2.05) is 13.2 Å². The fourth-order valence-electron chi connectivity index (χ4n) is 2.32. The normalized spacial score (nSPS) is 19.9. The van der Waals surface area contributed by atoms with Crippen LogP contribution in [0.3, 0.4) is 0 Å². The predicted octanol–water partition coefficient (Wildman–Crippen LogP) is 0.799. The SMILES string of the molecule is CSC1(C(N)=S)CCN(Cc2cn(C)nn2)CC1. The number of aromatic nitrogens is 3. The third-order valence-corrected chi connectivity index (χ3v) is 5.47. The highest BCUT2D eigenvalue weighted by molar-refractivity contribution is 8.02. The van der Waals surface area contributed by atoms with Crippen LogP contribution in [0.4, 0.5) is 0 Å². The Morgan fingerprint density at radius 3 is 2.67 bits per heavy atom. The Morgan fingerprint density at radius 2 is 2.22 bits per heavy atom. The van der Waals surface area contributed by atoms with Crippen molar-refractivity contribution < 1.29 is 0 Å². The summed E-state index contributed by atoms with van der Waals surface area (Å²) in [5.41, 5.74) is 6.90. The molecule has 1 saturated heterocycles. The van der Waals surface area contributed by atoms with Crippen LogP contribution in [0.2, 0.25) is 0 Å². The average molecular weight is 285 g/mol. The Balaban J connectivity index is 1.92. The molecule has 1 aromatic rings. The number of rotatable bonds is 4. The summed E-state index contributed by atoms with van der Waals surface area (Å²) in [6.07, 6.45) is 6.09. The van der Waals surface area contributed by atoms with E-state index in [0.717, 1.165) is 38.2 Å². The highest BCUT2D eigenvalue weighted by Gasteiger charge is 2.36. The molecule has 5 nitrogen and oxygen atoms in total. The largest absolute Gasteiger partial charge is 0.392 e. The predicted molar refractivity (Wildman–Crippen MR) is 78.5 cm³/mol. The van der Waals surface area contributed by atoms with Crippen LogP contribution in [0.15, 0.2) is 6.20 Å². The minimum Gasteiger partial charge on any atom is -0.392 e. The monoisotopic (exact) mass is 285 g/mol. The van der Waals surface area contributed by atoms with Gasteiger partial charge in [0.15, 0.2) is 0 Å². The van der Waals surface area contributed by atoms with Crippen molar-refractivity contribution in [1.82, 2.24) is 19.9 Å². The van der Waals surface area contributed by atoms with Gasteiger partial charge in [-0.15, -0.1) is 5.10 Å². The summed E-state index contributed by atoms with van der Waals surface area (Å²) in [6.45, 7) is 2.87. The van der Waals surface area contributed by atoms with Crippen LogP contribution in [-0.4, -0.2) is 49.0 Å². The molecule has 2 N–H and O–H groups in total. The maximum absolute atomic E-state index is 5.88. The van der Waals surface area contributed by atoms with Gasteiger partial charge in [-0.05, 0) is 19.1 Å². The van der Waals surface area contributed by atoms with Crippen molar-refractivity contribution in [3.63, 3.8) is 0 Å². The van der Waals surface area contributed by atoms with Gasteiger partial charge in [0.2, 0.25) is 0 Å². The lowest BCUT2D eigenvalue weighted by molar-refractivity contribution is 0.210. The lowest BCUT2D eigenvalue weighted by atomic mass is 9.95. The number of aryl methyl sites for hydroxylation is 1.